The molecule has 2 fully saturated rings. The van der Waals surface area contributed by atoms with E-state index in [1.165, 1.54) is 10.7 Å². The number of carbonyl (C=O) groups is 1. The molecule has 2 aliphatic heterocycles. The lowest BCUT2D eigenvalue weighted by atomic mass is 10.1. The summed E-state index contributed by atoms with van der Waals surface area (Å²) in [5, 5.41) is 3.00. The highest BCUT2D eigenvalue weighted by atomic mass is 32.2. The molecule has 2 heterocycles. The Hall–Kier alpha value is -2.62. The van der Waals surface area contributed by atoms with E-state index in [1.807, 2.05) is 30.3 Å². The standard InChI is InChI=1S/C25H33N3O5S/c1-32-21-8-5-20(6-9-21)7-12-25(29)26-23-19-22(34(30,31)28-15-17-33-18-16-28)10-11-24(23)27-13-3-2-4-14-27/h5-6,8-11,19H,2-4,7,12-18H2,1H3,(H,26,29). The Morgan fingerprint density at radius 3 is 2.38 bits per heavy atom. The van der Waals surface area contributed by atoms with Crippen LogP contribution in [-0.2, 0) is 26.0 Å². The van der Waals surface area contributed by atoms with Crippen molar-refractivity contribution in [2.45, 2.75) is 37.0 Å². The first kappa shape index (κ1) is 24.5. The highest BCUT2D eigenvalue weighted by molar-refractivity contribution is 7.89. The van der Waals surface area contributed by atoms with Crippen molar-refractivity contribution in [1.29, 1.82) is 0 Å². The number of amides is 1. The van der Waals surface area contributed by atoms with Gasteiger partial charge >= 0.3 is 0 Å². The third-order valence-electron chi connectivity index (χ3n) is 6.35. The van der Waals surface area contributed by atoms with Crippen LogP contribution in [0.3, 0.4) is 0 Å². The molecular weight excluding hydrogens is 454 g/mol. The molecule has 34 heavy (non-hydrogen) atoms. The molecule has 0 aliphatic carbocycles. The van der Waals surface area contributed by atoms with Gasteiger partial charge in [-0.25, -0.2) is 8.42 Å². The summed E-state index contributed by atoms with van der Waals surface area (Å²) in [7, 11) is -2.04. The molecule has 0 radical (unpaired) electrons. The summed E-state index contributed by atoms with van der Waals surface area (Å²) in [6.07, 6.45) is 4.23. The summed E-state index contributed by atoms with van der Waals surface area (Å²) in [6.45, 7) is 3.23. The zero-order valence-corrected chi connectivity index (χ0v) is 20.5. The number of rotatable bonds is 8. The minimum atomic E-state index is -3.66. The molecule has 1 N–H and O–H groups in total. The molecule has 2 aromatic rings. The maximum absolute atomic E-state index is 13.2. The summed E-state index contributed by atoms with van der Waals surface area (Å²) in [5.74, 6) is 0.632. The summed E-state index contributed by atoms with van der Waals surface area (Å²) in [6, 6.07) is 12.7. The third kappa shape index (κ3) is 5.89. The fraction of sp³-hybridized carbons (Fsp3) is 0.480. The Labute approximate surface area is 201 Å². The van der Waals surface area contributed by atoms with E-state index >= 15 is 0 Å². The summed E-state index contributed by atoms with van der Waals surface area (Å²) in [4.78, 5) is 15.3. The molecular formula is C25H33N3O5S. The number of methoxy groups -OCH3 is 1. The molecule has 0 bridgehead atoms. The van der Waals surface area contributed by atoms with E-state index in [0.29, 0.717) is 44.8 Å². The fourth-order valence-corrected chi connectivity index (χ4v) is 5.82. The number of hydrogen-bond donors (Lipinski definition) is 1. The first-order chi connectivity index (χ1) is 16.5. The molecule has 2 saturated heterocycles. The number of ether oxygens (including phenoxy) is 2. The number of nitrogens with one attached hydrogen (secondary N) is 1. The molecule has 4 rings (SSSR count). The number of nitrogens with zero attached hydrogens (tertiary/aromatic N) is 2. The molecule has 184 valence electrons. The van der Waals surface area contributed by atoms with Crippen LogP contribution in [0.1, 0.15) is 31.2 Å². The molecule has 0 atom stereocenters. The normalized spacial score (nSPS) is 17.4. The second kappa shape index (κ2) is 11.2. The first-order valence-corrected chi connectivity index (χ1v) is 13.3. The van der Waals surface area contributed by atoms with Crippen molar-refractivity contribution in [3.8, 4) is 5.75 Å². The predicted octanol–water partition coefficient (Wildman–Crippen LogP) is 3.28. The average Bonchev–Trinajstić information content (AvgIpc) is 2.89. The van der Waals surface area contributed by atoms with Gasteiger partial charge in [-0.15, -0.1) is 0 Å². The minimum absolute atomic E-state index is 0.144. The first-order valence-electron chi connectivity index (χ1n) is 11.9. The van der Waals surface area contributed by atoms with Gasteiger partial charge in [0.1, 0.15) is 5.75 Å². The molecule has 9 heteroatoms. The highest BCUT2D eigenvalue weighted by Gasteiger charge is 2.28. The number of hydrogen-bond acceptors (Lipinski definition) is 6. The van der Waals surface area contributed by atoms with Crippen LogP contribution in [0, 0.1) is 0 Å². The number of sulfonamides is 1. The second-order valence-electron chi connectivity index (χ2n) is 8.64. The zero-order chi connectivity index (χ0) is 24.0. The lowest BCUT2D eigenvalue weighted by Crippen LogP contribution is -2.40. The van der Waals surface area contributed by atoms with Crippen LogP contribution in [0.25, 0.3) is 0 Å². The van der Waals surface area contributed by atoms with E-state index in [9.17, 15) is 13.2 Å². The van der Waals surface area contributed by atoms with Crippen LogP contribution in [0.4, 0.5) is 11.4 Å². The van der Waals surface area contributed by atoms with E-state index in [4.69, 9.17) is 9.47 Å². The van der Waals surface area contributed by atoms with Crippen molar-refractivity contribution >= 4 is 27.3 Å². The quantitative estimate of drug-likeness (QED) is 0.615. The fourth-order valence-electron chi connectivity index (χ4n) is 4.39. The third-order valence-corrected chi connectivity index (χ3v) is 8.24. The van der Waals surface area contributed by atoms with Crippen LogP contribution in [0.5, 0.6) is 5.75 Å². The topological polar surface area (TPSA) is 88.2 Å². The Morgan fingerprint density at radius 1 is 1.00 bits per heavy atom. The van der Waals surface area contributed by atoms with E-state index in [2.05, 4.69) is 10.2 Å². The Kier molecular flexibility index (Phi) is 8.07. The number of anilines is 2. The lowest BCUT2D eigenvalue weighted by Gasteiger charge is -2.31. The zero-order valence-electron chi connectivity index (χ0n) is 19.7. The highest BCUT2D eigenvalue weighted by Crippen LogP contribution is 2.32. The van der Waals surface area contributed by atoms with Gasteiger partial charge in [0.2, 0.25) is 15.9 Å². The smallest absolute Gasteiger partial charge is 0.243 e. The van der Waals surface area contributed by atoms with Crippen molar-refractivity contribution < 1.29 is 22.7 Å². The Bertz CT molecular complexity index is 1080. The van der Waals surface area contributed by atoms with Gasteiger partial charge in [0.15, 0.2) is 0 Å². The summed E-state index contributed by atoms with van der Waals surface area (Å²) >= 11 is 0. The van der Waals surface area contributed by atoms with E-state index in [0.717, 1.165) is 42.9 Å². The van der Waals surface area contributed by atoms with Crippen LogP contribution < -0.4 is 15.0 Å². The Morgan fingerprint density at radius 2 is 1.71 bits per heavy atom. The van der Waals surface area contributed by atoms with Gasteiger partial charge in [-0.05, 0) is 61.6 Å². The molecule has 0 saturated carbocycles. The van der Waals surface area contributed by atoms with Crippen molar-refractivity contribution in [2.24, 2.45) is 0 Å². The number of benzene rings is 2. The average molecular weight is 488 g/mol. The van der Waals surface area contributed by atoms with E-state index < -0.39 is 10.0 Å². The van der Waals surface area contributed by atoms with Gasteiger partial charge in [0, 0.05) is 32.6 Å². The lowest BCUT2D eigenvalue weighted by molar-refractivity contribution is -0.116. The maximum atomic E-state index is 13.2. The van der Waals surface area contributed by atoms with Gasteiger partial charge in [-0.1, -0.05) is 12.1 Å². The number of piperidine rings is 1. The van der Waals surface area contributed by atoms with Crippen LogP contribution in [0.15, 0.2) is 47.4 Å². The van der Waals surface area contributed by atoms with E-state index in [1.54, 1.807) is 19.2 Å². The van der Waals surface area contributed by atoms with Gasteiger partial charge in [0.25, 0.3) is 0 Å². The molecule has 2 aromatic carbocycles. The number of morpholine rings is 1. The van der Waals surface area contributed by atoms with Gasteiger partial charge < -0.3 is 19.7 Å². The number of carbonyl (C=O) groups excluding carboxylic acids is 1. The van der Waals surface area contributed by atoms with Crippen molar-refractivity contribution in [2.75, 3.05) is 56.7 Å². The van der Waals surface area contributed by atoms with E-state index in [-0.39, 0.29) is 10.8 Å². The molecule has 1 amide bonds. The van der Waals surface area contributed by atoms with Gasteiger partial charge in [0.05, 0.1) is 36.6 Å². The second-order valence-corrected chi connectivity index (χ2v) is 10.6. The SMILES string of the molecule is COc1ccc(CCC(=O)Nc2cc(S(=O)(=O)N3CCOCC3)ccc2N2CCCCC2)cc1. The van der Waals surface area contributed by atoms with Crippen LogP contribution in [0.2, 0.25) is 0 Å². The predicted molar refractivity (Wildman–Crippen MR) is 132 cm³/mol. The molecule has 8 nitrogen and oxygen atoms in total. The van der Waals surface area contributed by atoms with Crippen molar-refractivity contribution in [1.82, 2.24) is 4.31 Å². The maximum Gasteiger partial charge on any atom is 0.243 e. The van der Waals surface area contributed by atoms with Crippen LogP contribution in [-0.4, -0.2) is 65.1 Å². The van der Waals surface area contributed by atoms with Gasteiger partial charge in [-0.3, -0.25) is 4.79 Å². The largest absolute Gasteiger partial charge is 0.497 e. The molecule has 0 unspecified atom stereocenters. The van der Waals surface area contributed by atoms with Crippen LogP contribution >= 0.6 is 0 Å². The number of aryl methyl sites for hydroxylation is 1. The van der Waals surface area contributed by atoms with Crippen molar-refractivity contribution in [3.63, 3.8) is 0 Å². The molecule has 0 spiro atoms. The monoisotopic (exact) mass is 487 g/mol. The molecule has 2 aliphatic rings. The van der Waals surface area contributed by atoms with Crippen molar-refractivity contribution in [3.05, 3.63) is 48.0 Å². The Balaban J connectivity index is 1.53. The molecule has 0 aromatic heterocycles. The summed E-state index contributed by atoms with van der Waals surface area (Å²) in [5.41, 5.74) is 2.46. The van der Waals surface area contributed by atoms with Gasteiger partial charge in [-0.2, -0.15) is 4.31 Å². The minimum Gasteiger partial charge on any atom is -0.497 e. The summed E-state index contributed by atoms with van der Waals surface area (Å²) < 4.78 is 38.4.